The number of hydrogen-bond donors (Lipinski definition) is 1. The molecule has 0 aliphatic carbocycles. The number of carboxylic acids is 1. The highest BCUT2D eigenvalue weighted by Gasteiger charge is 2.33. The minimum Gasteiger partial charge on any atom is -0.481 e. The lowest BCUT2D eigenvalue weighted by molar-refractivity contribution is -0.147. The van der Waals surface area contributed by atoms with Crippen LogP contribution in [0.1, 0.15) is 36.0 Å². The molecule has 0 atom stereocenters. The van der Waals surface area contributed by atoms with Gasteiger partial charge in [-0.25, -0.2) is 0 Å². The molecule has 140 valence electrons. The predicted molar refractivity (Wildman–Crippen MR) is 97.0 cm³/mol. The quantitative estimate of drug-likeness (QED) is 0.876. The Morgan fingerprint density at radius 2 is 1.35 bits per heavy atom. The Morgan fingerprint density at radius 3 is 1.88 bits per heavy atom. The first-order valence-corrected chi connectivity index (χ1v) is 9.40. The average Bonchev–Trinajstić information content (AvgIpc) is 2.67. The Labute approximate surface area is 157 Å². The van der Waals surface area contributed by atoms with Crippen molar-refractivity contribution in [3.8, 4) is 0 Å². The number of amides is 2. The Balaban J connectivity index is 1.50. The normalized spacial score (nSPS) is 19.4. The SMILES string of the molecule is O=C(O)C1CCN(C(=O)C2CCN(C(=O)c3ccc(Cl)cc3)CC2)CC1. The summed E-state index contributed by atoms with van der Waals surface area (Å²) >= 11 is 5.86. The van der Waals surface area contributed by atoms with Crippen LogP contribution in [0.4, 0.5) is 0 Å². The van der Waals surface area contributed by atoms with Gasteiger partial charge in [0.05, 0.1) is 5.92 Å². The van der Waals surface area contributed by atoms with E-state index in [0.29, 0.717) is 62.4 Å². The van der Waals surface area contributed by atoms with Crippen LogP contribution in [0.25, 0.3) is 0 Å². The van der Waals surface area contributed by atoms with Crippen molar-refractivity contribution >= 4 is 29.4 Å². The smallest absolute Gasteiger partial charge is 0.306 e. The molecule has 1 aromatic rings. The molecule has 2 amide bonds. The lowest BCUT2D eigenvalue weighted by atomic mass is 9.92. The molecule has 0 spiro atoms. The van der Waals surface area contributed by atoms with Crippen molar-refractivity contribution in [1.29, 1.82) is 0 Å². The summed E-state index contributed by atoms with van der Waals surface area (Å²) in [7, 11) is 0. The first-order valence-electron chi connectivity index (χ1n) is 9.02. The minimum absolute atomic E-state index is 0.0326. The van der Waals surface area contributed by atoms with Crippen LogP contribution in [0.5, 0.6) is 0 Å². The zero-order chi connectivity index (χ0) is 18.7. The second-order valence-electron chi connectivity index (χ2n) is 7.01. The predicted octanol–water partition coefficient (Wildman–Crippen LogP) is 2.52. The van der Waals surface area contributed by atoms with E-state index in [2.05, 4.69) is 0 Å². The molecule has 1 N–H and O–H groups in total. The number of halogens is 1. The van der Waals surface area contributed by atoms with Crippen molar-refractivity contribution in [3.05, 3.63) is 34.9 Å². The highest BCUT2D eigenvalue weighted by atomic mass is 35.5. The fourth-order valence-electron chi connectivity index (χ4n) is 3.71. The van der Waals surface area contributed by atoms with Gasteiger partial charge in [0, 0.05) is 42.7 Å². The highest BCUT2D eigenvalue weighted by Crippen LogP contribution is 2.25. The molecule has 2 aliphatic heterocycles. The number of carbonyl (C=O) groups excluding carboxylic acids is 2. The molecule has 6 nitrogen and oxygen atoms in total. The lowest BCUT2D eigenvalue weighted by Crippen LogP contribution is -2.47. The van der Waals surface area contributed by atoms with E-state index in [1.807, 2.05) is 0 Å². The Hall–Kier alpha value is -2.08. The van der Waals surface area contributed by atoms with Crippen molar-refractivity contribution in [3.63, 3.8) is 0 Å². The molecular weight excluding hydrogens is 356 g/mol. The van der Waals surface area contributed by atoms with Crippen molar-refractivity contribution in [1.82, 2.24) is 9.80 Å². The van der Waals surface area contributed by atoms with Gasteiger partial charge in [0.25, 0.3) is 5.91 Å². The molecule has 1 aromatic carbocycles. The summed E-state index contributed by atoms with van der Waals surface area (Å²) in [4.78, 5) is 39.8. The number of hydrogen-bond acceptors (Lipinski definition) is 3. The Morgan fingerprint density at radius 1 is 0.846 bits per heavy atom. The number of carboxylic acid groups (broad SMARTS) is 1. The van der Waals surface area contributed by atoms with Crippen LogP contribution in [-0.4, -0.2) is 58.9 Å². The summed E-state index contributed by atoms with van der Waals surface area (Å²) in [5, 5.41) is 9.65. The summed E-state index contributed by atoms with van der Waals surface area (Å²) in [5.41, 5.74) is 0.606. The molecule has 7 heteroatoms. The summed E-state index contributed by atoms with van der Waals surface area (Å²) < 4.78 is 0. The van der Waals surface area contributed by atoms with Crippen LogP contribution >= 0.6 is 11.6 Å². The van der Waals surface area contributed by atoms with Crippen LogP contribution < -0.4 is 0 Å². The summed E-state index contributed by atoms with van der Waals surface area (Å²) in [6.07, 6.45) is 2.35. The molecule has 2 aliphatic rings. The van der Waals surface area contributed by atoms with Gasteiger partial charge in [-0.1, -0.05) is 11.6 Å². The van der Waals surface area contributed by atoms with E-state index in [1.54, 1.807) is 34.1 Å². The van der Waals surface area contributed by atoms with Crippen LogP contribution in [-0.2, 0) is 9.59 Å². The van der Waals surface area contributed by atoms with Crippen LogP contribution in [0.2, 0.25) is 5.02 Å². The average molecular weight is 379 g/mol. The number of piperidine rings is 2. The molecule has 0 aromatic heterocycles. The third-order valence-corrected chi connectivity index (χ3v) is 5.63. The summed E-state index contributed by atoms with van der Waals surface area (Å²) in [6, 6.07) is 6.83. The maximum absolute atomic E-state index is 12.7. The summed E-state index contributed by atoms with van der Waals surface area (Å²) in [5.74, 6) is -1.11. The van der Waals surface area contributed by atoms with E-state index in [9.17, 15) is 14.4 Å². The number of rotatable bonds is 3. The largest absolute Gasteiger partial charge is 0.481 e. The van der Waals surface area contributed by atoms with Crippen LogP contribution in [0.3, 0.4) is 0 Å². The van der Waals surface area contributed by atoms with Gasteiger partial charge in [-0.3, -0.25) is 14.4 Å². The van der Waals surface area contributed by atoms with Crippen LogP contribution in [0.15, 0.2) is 24.3 Å². The van der Waals surface area contributed by atoms with Gasteiger partial charge in [-0.15, -0.1) is 0 Å². The molecule has 3 rings (SSSR count). The van der Waals surface area contributed by atoms with E-state index in [1.165, 1.54) is 0 Å². The topological polar surface area (TPSA) is 77.9 Å². The van der Waals surface area contributed by atoms with Gasteiger partial charge in [-0.2, -0.15) is 0 Å². The summed E-state index contributed by atoms with van der Waals surface area (Å²) in [6.45, 7) is 2.15. The van der Waals surface area contributed by atoms with E-state index in [-0.39, 0.29) is 23.7 Å². The number of likely N-dealkylation sites (tertiary alicyclic amines) is 2. The van der Waals surface area contributed by atoms with Crippen molar-refractivity contribution in [2.75, 3.05) is 26.2 Å². The third kappa shape index (κ3) is 4.18. The lowest BCUT2D eigenvalue weighted by Gasteiger charge is -2.36. The maximum Gasteiger partial charge on any atom is 0.306 e. The zero-order valence-corrected chi connectivity index (χ0v) is 15.3. The number of benzene rings is 1. The zero-order valence-electron chi connectivity index (χ0n) is 14.6. The standard InChI is InChI=1S/C19H23ClN2O4/c20-16-3-1-13(2-4-16)17(23)21-9-5-14(6-10-21)18(24)22-11-7-15(8-12-22)19(25)26/h1-4,14-15H,5-12H2,(H,25,26). The Bertz CT molecular complexity index is 675. The van der Waals surface area contributed by atoms with Gasteiger partial charge in [0.15, 0.2) is 0 Å². The molecule has 0 unspecified atom stereocenters. The third-order valence-electron chi connectivity index (χ3n) is 5.38. The molecular formula is C19H23ClN2O4. The van der Waals surface area contributed by atoms with Crippen molar-refractivity contribution in [2.45, 2.75) is 25.7 Å². The molecule has 26 heavy (non-hydrogen) atoms. The molecule has 2 heterocycles. The van der Waals surface area contributed by atoms with E-state index >= 15 is 0 Å². The van der Waals surface area contributed by atoms with Gasteiger partial charge < -0.3 is 14.9 Å². The van der Waals surface area contributed by atoms with E-state index < -0.39 is 5.97 Å². The van der Waals surface area contributed by atoms with E-state index in [4.69, 9.17) is 16.7 Å². The number of carbonyl (C=O) groups is 3. The number of nitrogens with zero attached hydrogens (tertiary/aromatic N) is 2. The minimum atomic E-state index is -0.772. The van der Waals surface area contributed by atoms with Crippen LogP contribution in [0, 0.1) is 11.8 Å². The molecule has 2 fully saturated rings. The molecule has 0 saturated carbocycles. The second kappa shape index (κ2) is 8.08. The first-order chi connectivity index (χ1) is 12.5. The molecule has 0 bridgehead atoms. The van der Waals surface area contributed by atoms with Gasteiger partial charge in [-0.05, 0) is 49.9 Å². The Kier molecular flexibility index (Phi) is 5.81. The fraction of sp³-hybridized carbons (Fsp3) is 0.526. The maximum atomic E-state index is 12.7. The number of aliphatic carboxylic acids is 1. The van der Waals surface area contributed by atoms with Gasteiger partial charge in [0.2, 0.25) is 5.91 Å². The monoisotopic (exact) mass is 378 g/mol. The second-order valence-corrected chi connectivity index (χ2v) is 7.45. The molecule has 2 saturated heterocycles. The van der Waals surface area contributed by atoms with Gasteiger partial charge >= 0.3 is 5.97 Å². The van der Waals surface area contributed by atoms with E-state index in [0.717, 1.165) is 0 Å². The van der Waals surface area contributed by atoms with Gasteiger partial charge in [0.1, 0.15) is 0 Å². The van der Waals surface area contributed by atoms with Crippen molar-refractivity contribution in [2.24, 2.45) is 11.8 Å². The fourth-order valence-corrected chi connectivity index (χ4v) is 3.84. The first kappa shape index (κ1) is 18.7. The highest BCUT2D eigenvalue weighted by molar-refractivity contribution is 6.30. The van der Waals surface area contributed by atoms with Crippen molar-refractivity contribution < 1.29 is 19.5 Å². The molecule has 0 radical (unpaired) electrons.